The minimum Gasteiger partial charge on any atom is -0.339 e. The van der Waals surface area contributed by atoms with E-state index in [1.165, 1.54) is 4.68 Å². The van der Waals surface area contributed by atoms with E-state index in [0.29, 0.717) is 35.6 Å². The van der Waals surface area contributed by atoms with E-state index in [9.17, 15) is 4.79 Å². The summed E-state index contributed by atoms with van der Waals surface area (Å²) in [6.45, 7) is 3.04. The fraction of sp³-hybridized carbons (Fsp3) is 0.438. The molecular formula is C16H20ClN7O2. The molecule has 3 heterocycles. The lowest BCUT2D eigenvalue weighted by atomic mass is 10.2. The molecule has 0 radical (unpaired) electrons. The zero-order valence-corrected chi connectivity index (χ0v) is 15.1. The second-order valence-electron chi connectivity index (χ2n) is 6.13. The highest BCUT2D eigenvalue weighted by Crippen LogP contribution is 2.17. The van der Waals surface area contributed by atoms with Crippen molar-refractivity contribution in [2.75, 3.05) is 26.7 Å². The predicted molar refractivity (Wildman–Crippen MR) is 97.3 cm³/mol. The Balaban J connectivity index is 0.00000196. The van der Waals surface area contributed by atoms with Crippen LogP contribution in [0, 0.1) is 0 Å². The number of nitrogens with zero attached hydrogens (tertiary/aromatic N) is 6. The van der Waals surface area contributed by atoms with Gasteiger partial charge in [-0.05, 0) is 19.2 Å². The lowest BCUT2D eigenvalue weighted by molar-refractivity contribution is 0.190. The van der Waals surface area contributed by atoms with Crippen molar-refractivity contribution in [1.82, 2.24) is 35.4 Å². The average Bonchev–Trinajstić information content (AvgIpc) is 3.10. The summed E-state index contributed by atoms with van der Waals surface area (Å²) in [5.41, 5.74) is 0.429. The van der Waals surface area contributed by atoms with Gasteiger partial charge in [0, 0.05) is 26.1 Å². The molecule has 1 unspecified atom stereocenters. The summed E-state index contributed by atoms with van der Waals surface area (Å²) in [6, 6.07) is 7.27. The number of aromatic nitrogens is 5. The van der Waals surface area contributed by atoms with E-state index in [4.69, 9.17) is 4.52 Å². The first-order valence-corrected chi connectivity index (χ1v) is 8.28. The summed E-state index contributed by atoms with van der Waals surface area (Å²) in [5.74, 6) is 1.16. The standard InChI is InChI=1S/C16H19N7O2.ClH/c1-22-9-7-17-10-13(22)15-18-14(25-20-15)6-8-23-16(24)11-4-2-3-5-12(11)19-21-23;/h2-5,13,17H,6-10H2,1H3;1H. The number of hydrogen-bond acceptors (Lipinski definition) is 8. The van der Waals surface area contributed by atoms with Gasteiger partial charge in [0.2, 0.25) is 5.89 Å². The Morgan fingerprint density at radius 1 is 1.35 bits per heavy atom. The molecule has 1 aliphatic rings. The van der Waals surface area contributed by atoms with Crippen LogP contribution in [0.5, 0.6) is 0 Å². The molecule has 3 aromatic rings. The zero-order valence-electron chi connectivity index (χ0n) is 14.3. The van der Waals surface area contributed by atoms with Gasteiger partial charge >= 0.3 is 0 Å². The Morgan fingerprint density at radius 2 is 2.19 bits per heavy atom. The van der Waals surface area contributed by atoms with Crippen molar-refractivity contribution in [1.29, 1.82) is 0 Å². The summed E-state index contributed by atoms with van der Waals surface area (Å²) >= 11 is 0. The number of hydrogen-bond donors (Lipinski definition) is 1. The van der Waals surface area contributed by atoms with Gasteiger partial charge < -0.3 is 9.84 Å². The average molecular weight is 378 g/mol. The van der Waals surface area contributed by atoms with Crippen LogP contribution in [0.25, 0.3) is 10.9 Å². The number of halogens is 1. The highest BCUT2D eigenvalue weighted by molar-refractivity contribution is 5.85. The van der Waals surface area contributed by atoms with E-state index in [0.717, 1.165) is 19.6 Å². The van der Waals surface area contributed by atoms with Crippen molar-refractivity contribution in [3.8, 4) is 0 Å². The van der Waals surface area contributed by atoms with Gasteiger partial charge in [0.15, 0.2) is 5.82 Å². The molecule has 1 saturated heterocycles. The van der Waals surface area contributed by atoms with Gasteiger partial charge in [-0.3, -0.25) is 9.69 Å². The second-order valence-corrected chi connectivity index (χ2v) is 6.13. The highest BCUT2D eigenvalue weighted by atomic mass is 35.5. The maximum absolute atomic E-state index is 12.4. The number of fused-ring (bicyclic) bond motifs is 1. The number of rotatable bonds is 4. The lowest BCUT2D eigenvalue weighted by Crippen LogP contribution is -2.44. The van der Waals surface area contributed by atoms with Gasteiger partial charge in [-0.2, -0.15) is 4.98 Å². The molecule has 2 aromatic heterocycles. The Labute approximate surface area is 155 Å². The Kier molecular flexibility index (Phi) is 5.60. The van der Waals surface area contributed by atoms with Crippen LogP contribution >= 0.6 is 12.4 Å². The molecule has 9 nitrogen and oxygen atoms in total. The maximum atomic E-state index is 12.4. The summed E-state index contributed by atoms with van der Waals surface area (Å²) in [5, 5.41) is 16.0. The molecule has 1 N–H and O–H groups in total. The number of aryl methyl sites for hydroxylation is 2. The maximum Gasteiger partial charge on any atom is 0.277 e. The van der Waals surface area contributed by atoms with Crippen molar-refractivity contribution in [3.05, 3.63) is 46.3 Å². The van der Waals surface area contributed by atoms with E-state index in [2.05, 4.69) is 30.7 Å². The van der Waals surface area contributed by atoms with Crippen LogP contribution in [-0.2, 0) is 13.0 Å². The third-order valence-corrected chi connectivity index (χ3v) is 4.46. The quantitative estimate of drug-likeness (QED) is 0.697. The van der Waals surface area contributed by atoms with Gasteiger partial charge in [0.05, 0.1) is 18.0 Å². The van der Waals surface area contributed by atoms with Gasteiger partial charge in [0.25, 0.3) is 5.56 Å². The topological polar surface area (TPSA) is 102 Å². The first kappa shape index (κ1) is 18.4. The first-order chi connectivity index (χ1) is 12.2. The van der Waals surface area contributed by atoms with E-state index >= 15 is 0 Å². The van der Waals surface area contributed by atoms with Gasteiger partial charge in [0.1, 0.15) is 5.52 Å². The molecule has 0 spiro atoms. The molecule has 1 aromatic carbocycles. The number of nitrogens with one attached hydrogen (secondary N) is 1. The van der Waals surface area contributed by atoms with Crippen LogP contribution in [0.2, 0.25) is 0 Å². The first-order valence-electron chi connectivity index (χ1n) is 8.28. The fourth-order valence-electron chi connectivity index (χ4n) is 2.97. The molecule has 1 fully saturated rings. The summed E-state index contributed by atoms with van der Waals surface area (Å²) < 4.78 is 6.67. The monoisotopic (exact) mass is 377 g/mol. The fourth-order valence-corrected chi connectivity index (χ4v) is 2.97. The van der Waals surface area contributed by atoms with Crippen molar-refractivity contribution in [2.45, 2.75) is 19.0 Å². The molecule has 0 aliphatic carbocycles. The van der Waals surface area contributed by atoms with Crippen LogP contribution < -0.4 is 10.9 Å². The van der Waals surface area contributed by atoms with E-state index < -0.39 is 0 Å². The molecule has 0 saturated carbocycles. The van der Waals surface area contributed by atoms with Gasteiger partial charge in [-0.15, -0.1) is 17.5 Å². The van der Waals surface area contributed by atoms with Crippen LogP contribution in [0.1, 0.15) is 17.8 Å². The minimum atomic E-state index is -0.165. The van der Waals surface area contributed by atoms with Crippen LogP contribution in [0.15, 0.2) is 33.6 Å². The molecule has 1 aliphatic heterocycles. The largest absolute Gasteiger partial charge is 0.339 e. The van der Waals surface area contributed by atoms with Crippen LogP contribution in [0.4, 0.5) is 0 Å². The van der Waals surface area contributed by atoms with Crippen molar-refractivity contribution < 1.29 is 4.52 Å². The second kappa shape index (κ2) is 7.90. The SMILES string of the molecule is CN1CCNCC1c1noc(CCn2nnc3ccccc3c2=O)n1.Cl. The Bertz CT molecular complexity index is 941. The molecular weight excluding hydrogens is 358 g/mol. The summed E-state index contributed by atoms with van der Waals surface area (Å²) in [6.07, 6.45) is 0.434. The smallest absolute Gasteiger partial charge is 0.277 e. The number of piperazine rings is 1. The Morgan fingerprint density at radius 3 is 3.04 bits per heavy atom. The van der Waals surface area contributed by atoms with Gasteiger partial charge in [-0.1, -0.05) is 22.5 Å². The van der Waals surface area contributed by atoms with Gasteiger partial charge in [-0.25, -0.2) is 4.68 Å². The molecule has 4 rings (SSSR count). The minimum absolute atomic E-state index is 0. The number of likely N-dealkylation sites (N-methyl/N-ethyl adjacent to an activating group) is 1. The van der Waals surface area contributed by atoms with Crippen molar-refractivity contribution >= 4 is 23.3 Å². The molecule has 0 bridgehead atoms. The molecule has 10 heteroatoms. The molecule has 26 heavy (non-hydrogen) atoms. The third kappa shape index (κ3) is 3.59. The van der Waals surface area contributed by atoms with Crippen molar-refractivity contribution in [3.63, 3.8) is 0 Å². The molecule has 1 atom stereocenters. The number of benzene rings is 1. The zero-order chi connectivity index (χ0) is 17.2. The summed E-state index contributed by atoms with van der Waals surface area (Å²) in [7, 11) is 2.05. The molecule has 138 valence electrons. The molecule has 0 amide bonds. The van der Waals surface area contributed by atoms with E-state index in [-0.39, 0.29) is 24.0 Å². The van der Waals surface area contributed by atoms with Crippen molar-refractivity contribution in [2.24, 2.45) is 0 Å². The summed E-state index contributed by atoms with van der Waals surface area (Å²) in [4.78, 5) is 19.1. The third-order valence-electron chi connectivity index (χ3n) is 4.46. The van der Waals surface area contributed by atoms with Crippen LogP contribution in [0.3, 0.4) is 0 Å². The predicted octanol–water partition coefficient (Wildman–Crippen LogP) is 0.415. The Hall–Kier alpha value is -2.36. The van der Waals surface area contributed by atoms with E-state index in [1.807, 2.05) is 19.2 Å². The lowest BCUT2D eigenvalue weighted by Gasteiger charge is -2.30. The highest BCUT2D eigenvalue weighted by Gasteiger charge is 2.25. The van der Waals surface area contributed by atoms with E-state index in [1.54, 1.807) is 12.1 Å². The van der Waals surface area contributed by atoms with Crippen LogP contribution in [-0.4, -0.2) is 56.7 Å². The normalized spacial score (nSPS) is 18.0.